The van der Waals surface area contributed by atoms with Crippen molar-refractivity contribution in [3.63, 3.8) is 0 Å². The SMILES string of the molecule is CCCN(C)Cc1ccc(OC[C@@H](O)CN2CCC(O)CC2)c(OC)c1. The molecule has 1 atom stereocenters. The molecular weight excluding hydrogens is 332 g/mol. The molecule has 0 bridgehead atoms. The van der Waals surface area contributed by atoms with Crippen LogP contribution in [0.25, 0.3) is 0 Å². The van der Waals surface area contributed by atoms with Crippen molar-refractivity contribution in [2.75, 3.05) is 46.9 Å². The van der Waals surface area contributed by atoms with E-state index in [0.717, 1.165) is 45.4 Å². The average molecular weight is 367 g/mol. The second-order valence-electron chi connectivity index (χ2n) is 7.22. The van der Waals surface area contributed by atoms with Gasteiger partial charge < -0.3 is 29.5 Å². The van der Waals surface area contributed by atoms with Crippen LogP contribution in [-0.2, 0) is 6.54 Å². The number of piperidine rings is 1. The Hall–Kier alpha value is -1.34. The minimum atomic E-state index is -0.565. The number of aliphatic hydroxyl groups excluding tert-OH is 2. The topological polar surface area (TPSA) is 65.4 Å². The third-order valence-electron chi connectivity index (χ3n) is 4.74. The summed E-state index contributed by atoms with van der Waals surface area (Å²) in [7, 11) is 3.74. The predicted molar refractivity (Wildman–Crippen MR) is 103 cm³/mol. The zero-order chi connectivity index (χ0) is 18.9. The van der Waals surface area contributed by atoms with E-state index in [1.165, 1.54) is 5.56 Å². The van der Waals surface area contributed by atoms with Crippen molar-refractivity contribution in [1.82, 2.24) is 9.80 Å². The number of hydrogen-bond donors (Lipinski definition) is 2. The van der Waals surface area contributed by atoms with E-state index in [4.69, 9.17) is 9.47 Å². The van der Waals surface area contributed by atoms with Gasteiger partial charge in [-0.15, -0.1) is 0 Å². The molecule has 6 nitrogen and oxygen atoms in total. The molecule has 148 valence electrons. The van der Waals surface area contributed by atoms with Gasteiger partial charge in [0, 0.05) is 26.2 Å². The van der Waals surface area contributed by atoms with Gasteiger partial charge >= 0.3 is 0 Å². The second kappa shape index (κ2) is 10.7. The first kappa shape index (κ1) is 21.0. The van der Waals surface area contributed by atoms with E-state index in [2.05, 4.69) is 23.8 Å². The minimum Gasteiger partial charge on any atom is -0.493 e. The van der Waals surface area contributed by atoms with Crippen LogP contribution in [0.1, 0.15) is 31.7 Å². The highest BCUT2D eigenvalue weighted by Gasteiger charge is 2.20. The number of nitrogens with zero attached hydrogens (tertiary/aromatic N) is 2. The lowest BCUT2D eigenvalue weighted by atomic mass is 10.1. The summed E-state index contributed by atoms with van der Waals surface area (Å²) in [5.74, 6) is 1.35. The molecule has 1 aliphatic heterocycles. The fourth-order valence-electron chi connectivity index (χ4n) is 3.34. The van der Waals surface area contributed by atoms with Gasteiger partial charge in [0.2, 0.25) is 0 Å². The molecule has 0 spiro atoms. The molecule has 2 N–H and O–H groups in total. The van der Waals surface area contributed by atoms with Crippen LogP contribution in [0.4, 0.5) is 0 Å². The quantitative estimate of drug-likeness (QED) is 0.658. The van der Waals surface area contributed by atoms with Gasteiger partial charge in [0.15, 0.2) is 11.5 Å². The standard InChI is InChI=1S/C20H34N2O4/c1-4-9-21(2)13-16-5-6-19(20(12-16)25-3)26-15-18(24)14-22-10-7-17(23)8-11-22/h5-6,12,17-18,23-24H,4,7-11,13-15H2,1-3H3/t18-/m0/s1. The highest BCUT2D eigenvalue weighted by molar-refractivity contribution is 5.43. The second-order valence-corrected chi connectivity index (χ2v) is 7.22. The molecular formula is C20H34N2O4. The molecule has 1 aliphatic rings. The third kappa shape index (κ3) is 6.76. The summed E-state index contributed by atoms with van der Waals surface area (Å²) in [6, 6.07) is 5.96. The number of ether oxygens (including phenoxy) is 2. The molecule has 0 aliphatic carbocycles. The fraction of sp³-hybridized carbons (Fsp3) is 0.700. The summed E-state index contributed by atoms with van der Waals surface area (Å²) < 4.78 is 11.3. The van der Waals surface area contributed by atoms with Gasteiger partial charge in [-0.1, -0.05) is 13.0 Å². The van der Waals surface area contributed by atoms with E-state index in [9.17, 15) is 10.2 Å². The summed E-state index contributed by atoms with van der Waals surface area (Å²) in [5.41, 5.74) is 1.18. The zero-order valence-electron chi connectivity index (χ0n) is 16.4. The predicted octanol–water partition coefficient (Wildman–Crippen LogP) is 1.73. The molecule has 0 aromatic heterocycles. The summed E-state index contributed by atoms with van der Waals surface area (Å²) in [6.07, 6.45) is 1.91. The molecule has 0 unspecified atom stereocenters. The van der Waals surface area contributed by atoms with E-state index in [-0.39, 0.29) is 12.7 Å². The maximum Gasteiger partial charge on any atom is 0.161 e. The highest BCUT2D eigenvalue weighted by atomic mass is 16.5. The number of benzene rings is 1. The Morgan fingerprint density at radius 1 is 1.27 bits per heavy atom. The Bertz CT molecular complexity index is 533. The molecule has 26 heavy (non-hydrogen) atoms. The fourth-order valence-corrected chi connectivity index (χ4v) is 3.34. The molecule has 2 rings (SSSR count). The van der Waals surface area contributed by atoms with Crippen LogP contribution in [0.5, 0.6) is 11.5 Å². The smallest absolute Gasteiger partial charge is 0.161 e. The number of β-amino-alcohol motifs (C(OH)–C–C–N with tert-alkyl or cyclic N) is 1. The van der Waals surface area contributed by atoms with Gasteiger partial charge in [0.25, 0.3) is 0 Å². The third-order valence-corrected chi connectivity index (χ3v) is 4.74. The van der Waals surface area contributed by atoms with E-state index < -0.39 is 6.10 Å². The van der Waals surface area contributed by atoms with Gasteiger partial charge in [0.05, 0.1) is 13.2 Å². The lowest BCUT2D eigenvalue weighted by molar-refractivity contribution is 0.0333. The number of hydrogen-bond acceptors (Lipinski definition) is 6. The highest BCUT2D eigenvalue weighted by Crippen LogP contribution is 2.28. The summed E-state index contributed by atoms with van der Waals surface area (Å²) >= 11 is 0. The first-order valence-corrected chi connectivity index (χ1v) is 9.58. The van der Waals surface area contributed by atoms with Gasteiger partial charge in [-0.2, -0.15) is 0 Å². The molecule has 1 fully saturated rings. The number of methoxy groups -OCH3 is 1. The maximum absolute atomic E-state index is 10.2. The van der Waals surface area contributed by atoms with Crippen molar-refractivity contribution in [3.8, 4) is 11.5 Å². The molecule has 1 aromatic rings. The molecule has 0 radical (unpaired) electrons. The monoisotopic (exact) mass is 366 g/mol. The first-order valence-electron chi connectivity index (χ1n) is 9.58. The lowest BCUT2D eigenvalue weighted by Crippen LogP contribution is -2.41. The van der Waals surface area contributed by atoms with Crippen molar-refractivity contribution < 1.29 is 19.7 Å². The van der Waals surface area contributed by atoms with Crippen LogP contribution in [0, 0.1) is 0 Å². The van der Waals surface area contributed by atoms with Crippen LogP contribution in [0.15, 0.2) is 18.2 Å². The maximum atomic E-state index is 10.2. The molecule has 6 heteroatoms. The van der Waals surface area contributed by atoms with Crippen LogP contribution < -0.4 is 9.47 Å². The summed E-state index contributed by atoms with van der Waals surface area (Å²) in [5, 5.41) is 19.8. The van der Waals surface area contributed by atoms with Crippen molar-refractivity contribution in [3.05, 3.63) is 23.8 Å². The van der Waals surface area contributed by atoms with E-state index >= 15 is 0 Å². The Morgan fingerprint density at radius 2 is 2.00 bits per heavy atom. The van der Waals surface area contributed by atoms with Gasteiger partial charge in [-0.3, -0.25) is 0 Å². The Labute approximate surface area is 157 Å². The van der Waals surface area contributed by atoms with Crippen molar-refractivity contribution in [2.45, 2.75) is 44.9 Å². The molecule has 1 saturated heterocycles. The normalized spacial score (nSPS) is 17.5. The van der Waals surface area contributed by atoms with E-state index in [0.29, 0.717) is 18.0 Å². The summed E-state index contributed by atoms with van der Waals surface area (Å²) in [4.78, 5) is 4.44. The van der Waals surface area contributed by atoms with Gasteiger partial charge in [-0.25, -0.2) is 0 Å². The number of likely N-dealkylation sites (tertiary alicyclic amines) is 1. The molecule has 0 amide bonds. The lowest BCUT2D eigenvalue weighted by Gasteiger charge is -2.30. The van der Waals surface area contributed by atoms with Crippen molar-refractivity contribution in [2.24, 2.45) is 0 Å². The van der Waals surface area contributed by atoms with Crippen molar-refractivity contribution >= 4 is 0 Å². The first-order chi connectivity index (χ1) is 12.5. The Balaban J connectivity index is 1.84. The molecule has 1 aromatic carbocycles. The van der Waals surface area contributed by atoms with E-state index in [1.54, 1.807) is 7.11 Å². The van der Waals surface area contributed by atoms with Crippen LogP contribution >= 0.6 is 0 Å². The van der Waals surface area contributed by atoms with E-state index in [1.807, 2.05) is 18.2 Å². The minimum absolute atomic E-state index is 0.196. The van der Waals surface area contributed by atoms with Crippen LogP contribution in [0.3, 0.4) is 0 Å². The molecule has 0 saturated carbocycles. The Morgan fingerprint density at radius 3 is 2.65 bits per heavy atom. The van der Waals surface area contributed by atoms with Crippen LogP contribution in [-0.4, -0.2) is 79.2 Å². The number of aliphatic hydroxyl groups is 2. The van der Waals surface area contributed by atoms with Crippen LogP contribution in [0.2, 0.25) is 0 Å². The largest absolute Gasteiger partial charge is 0.493 e. The average Bonchev–Trinajstić information content (AvgIpc) is 2.62. The van der Waals surface area contributed by atoms with Gasteiger partial charge in [0.1, 0.15) is 12.7 Å². The van der Waals surface area contributed by atoms with Crippen molar-refractivity contribution in [1.29, 1.82) is 0 Å². The van der Waals surface area contributed by atoms with Gasteiger partial charge in [-0.05, 0) is 50.6 Å². The number of rotatable bonds is 10. The molecule has 1 heterocycles. The summed E-state index contributed by atoms with van der Waals surface area (Å²) in [6.45, 7) is 6.53. The Kier molecular flexibility index (Phi) is 8.65. The zero-order valence-corrected chi connectivity index (χ0v) is 16.4.